The van der Waals surface area contributed by atoms with E-state index in [1.807, 2.05) is 49.4 Å². The number of hydrogen-bond acceptors (Lipinski definition) is 5. The van der Waals surface area contributed by atoms with Gasteiger partial charge >= 0.3 is 5.97 Å². The molecule has 0 amide bonds. The smallest absolute Gasteiger partial charge is 0.338 e. The molecule has 0 aromatic heterocycles. The molecule has 2 aromatic rings. The van der Waals surface area contributed by atoms with E-state index in [1.165, 1.54) is 0 Å². The highest BCUT2D eigenvalue weighted by atomic mass is 16.5. The zero-order valence-corrected chi connectivity index (χ0v) is 17.1. The van der Waals surface area contributed by atoms with Crippen molar-refractivity contribution in [3.05, 3.63) is 70.8 Å². The highest BCUT2D eigenvalue weighted by Gasteiger charge is 2.28. The molecule has 5 heteroatoms. The maximum atomic E-state index is 13.4. The minimum atomic E-state index is -0.466. The average molecular weight is 392 g/mol. The van der Waals surface area contributed by atoms with Crippen molar-refractivity contribution in [3.8, 4) is 0 Å². The number of carbonyl (C=O) groups is 2. The van der Waals surface area contributed by atoms with Crippen LogP contribution in [0, 0.1) is 12.8 Å². The van der Waals surface area contributed by atoms with Gasteiger partial charge in [0.1, 0.15) is 5.84 Å². The summed E-state index contributed by atoms with van der Waals surface area (Å²) >= 11 is 0. The summed E-state index contributed by atoms with van der Waals surface area (Å²) in [7, 11) is 0. The van der Waals surface area contributed by atoms with E-state index in [1.54, 1.807) is 13.0 Å². The lowest BCUT2D eigenvalue weighted by molar-refractivity contribution is 0.0524. The van der Waals surface area contributed by atoms with Crippen LogP contribution in [0.25, 0.3) is 0 Å². The minimum Gasteiger partial charge on any atom is -0.462 e. The van der Waals surface area contributed by atoms with Gasteiger partial charge in [0, 0.05) is 18.7 Å². The average Bonchev–Trinajstić information content (AvgIpc) is 3.02. The molecular formula is C24H28N2O3. The van der Waals surface area contributed by atoms with Crippen LogP contribution in [0.2, 0.25) is 0 Å². The molecule has 1 aliphatic rings. The van der Waals surface area contributed by atoms with Crippen LogP contribution >= 0.6 is 0 Å². The van der Waals surface area contributed by atoms with Crippen molar-refractivity contribution >= 4 is 17.6 Å². The van der Waals surface area contributed by atoms with Gasteiger partial charge in [0.05, 0.1) is 18.1 Å². The highest BCUT2D eigenvalue weighted by molar-refractivity contribution is 6.12. The van der Waals surface area contributed by atoms with Crippen LogP contribution in [0.1, 0.15) is 51.6 Å². The molecule has 0 fully saturated rings. The second kappa shape index (κ2) is 10.0. The number of rotatable bonds is 7. The van der Waals surface area contributed by atoms with Gasteiger partial charge in [0.25, 0.3) is 0 Å². The fraction of sp³-hybridized carbons (Fsp3) is 0.375. The Hall–Kier alpha value is -2.95. The van der Waals surface area contributed by atoms with Gasteiger partial charge in [-0.15, -0.1) is 0 Å². The maximum absolute atomic E-state index is 13.4. The summed E-state index contributed by atoms with van der Waals surface area (Å²) in [6, 6.07) is 14.9. The lowest BCUT2D eigenvalue weighted by Crippen LogP contribution is -2.37. The summed E-state index contributed by atoms with van der Waals surface area (Å²) < 4.78 is 5.20. The molecule has 29 heavy (non-hydrogen) atoms. The number of nitrogens with one attached hydrogen (secondary N) is 1. The molecule has 3 rings (SSSR count). The number of Topliss-reactive ketones (excluding diaryl/α,β-unsaturated/α-hetero) is 1. The largest absolute Gasteiger partial charge is 0.462 e. The van der Waals surface area contributed by atoms with Gasteiger partial charge in [-0.2, -0.15) is 0 Å². The van der Waals surface area contributed by atoms with Crippen LogP contribution in [-0.2, 0) is 11.2 Å². The van der Waals surface area contributed by atoms with E-state index < -0.39 is 5.92 Å². The Kier molecular flexibility index (Phi) is 7.17. The molecule has 0 saturated heterocycles. The summed E-state index contributed by atoms with van der Waals surface area (Å²) in [6.45, 7) is 5.61. The third-order valence-corrected chi connectivity index (χ3v) is 5.09. The minimum absolute atomic E-state index is 0.0109. The van der Waals surface area contributed by atoms with Crippen LogP contribution in [-0.4, -0.2) is 37.3 Å². The van der Waals surface area contributed by atoms with Crippen LogP contribution in [0.3, 0.4) is 0 Å². The predicted octanol–water partition coefficient (Wildman–Crippen LogP) is 4.00. The number of ether oxygens (including phenoxy) is 1. The van der Waals surface area contributed by atoms with E-state index in [-0.39, 0.29) is 11.8 Å². The van der Waals surface area contributed by atoms with Gasteiger partial charge in [-0.1, -0.05) is 48.0 Å². The molecule has 0 spiro atoms. The van der Waals surface area contributed by atoms with Crippen molar-refractivity contribution < 1.29 is 14.3 Å². The number of nitrogens with zero attached hydrogens (tertiary/aromatic N) is 1. The number of ketones is 1. The molecule has 1 atom stereocenters. The molecule has 1 heterocycles. The van der Waals surface area contributed by atoms with E-state index in [2.05, 4.69) is 10.3 Å². The standard InChI is InChI=1S/C24H28N2O3/c1-3-29-24(28)20-9-5-4-8-19(20)16-21(23-25-14-6-7-15-26-23)22(27)18-12-10-17(2)11-13-18/h4-5,8-13,21H,3,6-7,14-16H2,1-2H3,(H,25,26). The van der Waals surface area contributed by atoms with Crippen LogP contribution in [0.15, 0.2) is 53.5 Å². The molecule has 0 aliphatic carbocycles. The lowest BCUT2D eigenvalue weighted by Gasteiger charge is -2.20. The molecule has 0 radical (unpaired) electrons. The molecule has 0 saturated carbocycles. The molecule has 1 unspecified atom stereocenters. The number of carbonyl (C=O) groups excluding carboxylic acids is 2. The third kappa shape index (κ3) is 5.31. The van der Waals surface area contributed by atoms with Crippen molar-refractivity contribution in [2.75, 3.05) is 19.7 Å². The highest BCUT2D eigenvalue weighted by Crippen LogP contribution is 2.21. The summed E-state index contributed by atoms with van der Waals surface area (Å²) in [6.07, 6.45) is 2.42. The first-order valence-corrected chi connectivity index (χ1v) is 10.2. The van der Waals surface area contributed by atoms with Crippen LogP contribution < -0.4 is 5.32 Å². The normalized spacial score (nSPS) is 14.9. The van der Waals surface area contributed by atoms with Crippen molar-refractivity contribution in [3.63, 3.8) is 0 Å². The Labute approximate surface area is 172 Å². The number of hydrogen-bond donors (Lipinski definition) is 1. The van der Waals surface area contributed by atoms with Gasteiger partial charge in [0.2, 0.25) is 0 Å². The van der Waals surface area contributed by atoms with Gasteiger partial charge < -0.3 is 10.1 Å². The van der Waals surface area contributed by atoms with Crippen LogP contribution in [0.5, 0.6) is 0 Å². The Morgan fingerprint density at radius 2 is 1.86 bits per heavy atom. The molecule has 2 aromatic carbocycles. The summed E-state index contributed by atoms with van der Waals surface area (Å²) in [4.78, 5) is 30.5. The topological polar surface area (TPSA) is 67.8 Å². The molecule has 1 aliphatic heterocycles. The number of aryl methyl sites for hydroxylation is 1. The van der Waals surface area contributed by atoms with Gasteiger partial charge in [-0.3, -0.25) is 9.79 Å². The predicted molar refractivity (Wildman–Crippen MR) is 115 cm³/mol. The van der Waals surface area contributed by atoms with Gasteiger partial charge in [0.15, 0.2) is 5.78 Å². The summed E-state index contributed by atoms with van der Waals surface area (Å²) in [5.41, 5.74) is 3.06. The number of esters is 1. The van der Waals surface area contributed by atoms with Crippen molar-refractivity contribution in [2.45, 2.75) is 33.1 Å². The summed E-state index contributed by atoms with van der Waals surface area (Å²) in [5.74, 6) is -0.102. The second-order valence-electron chi connectivity index (χ2n) is 7.27. The van der Waals surface area contributed by atoms with E-state index in [0.29, 0.717) is 36.5 Å². The first kappa shape index (κ1) is 20.8. The third-order valence-electron chi connectivity index (χ3n) is 5.09. The molecule has 0 bridgehead atoms. The zero-order valence-electron chi connectivity index (χ0n) is 17.1. The monoisotopic (exact) mass is 392 g/mol. The molecular weight excluding hydrogens is 364 g/mol. The van der Waals surface area contributed by atoms with Gasteiger partial charge in [-0.05, 0) is 44.7 Å². The first-order valence-electron chi connectivity index (χ1n) is 10.2. The Bertz CT molecular complexity index is 887. The van der Waals surface area contributed by atoms with Crippen molar-refractivity contribution in [2.24, 2.45) is 10.9 Å². The number of aliphatic imine (C=N–C) groups is 1. The number of benzene rings is 2. The van der Waals surface area contributed by atoms with Crippen molar-refractivity contribution in [1.29, 1.82) is 0 Å². The van der Waals surface area contributed by atoms with E-state index in [0.717, 1.165) is 30.5 Å². The fourth-order valence-corrected chi connectivity index (χ4v) is 3.50. The van der Waals surface area contributed by atoms with E-state index >= 15 is 0 Å². The Balaban J connectivity index is 1.96. The summed E-state index contributed by atoms with van der Waals surface area (Å²) in [5, 5.41) is 3.35. The number of amidine groups is 1. The molecule has 152 valence electrons. The molecule has 1 N–H and O–H groups in total. The SMILES string of the molecule is CCOC(=O)c1ccccc1CC(C(=O)c1ccc(C)cc1)C1=NCCCCN1. The second-order valence-corrected chi connectivity index (χ2v) is 7.27. The van der Waals surface area contributed by atoms with Crippen LogP contribution in [0.4, 0.5) is 0 Å². The van der Waals surface area contributed by atoms with Gasteiger partial charge in [-0.25, -0.2) is 4.79 Å². The fourth-order valence-electron chi connectivity index (χ4n) is 3.50. The van der Waals surface area contributed by atoms with Crippen molar-refractivity contribution in [1.82, 2.24) is 5.32 Å². The van der Waals surface area contributed by atoms with E-state index in [4.69, 9.17) is 4.74 Å². The molecule has 5 nitrogen and oxygen atoms in total. The quantitative estimate of drug-likeness (QED) is 0.571. The Morgan fingerprint density at radius 3 is 2.62 bits per heavy atom. The lowest BCUT2D eigenvalue weighted by atomic mass is 9.88. The maximum Gasteiger partial charge on any atom is 0.338 e. The zero-order chi connectivity index (χ0) is 20.6. The first-order chi connectivity index (χ1) is 14.1. The van der Waals surface area contributed by atoms with E-state index in [9.17, 15) is 9.59 Å². The Morgan fingerprint density at radius 1 is 1.10 bits per heavy atom.